The Morgan fingerprint density at radius 3 is 1.96 bits per heavy atom. The molecule has 2 saturated heterocycles. The molecule has 2 fully saturated rings. The molecule has 0 aliphatic carbocycles. The van der Waals surface area contributed by atoms with Gasteiger partial charge in [0.15, 0.2) is 0 Å². The maximum Gasteiger partial charge on any atom is 0.394 e. The van der Waals surface area contributed by atoms with Gasteiger partial charge in [0.25, 0.3) is 0 Å². The van der Waals surface area contributed by atoms with Gasteiger partial charge in [-0.15, -0.1) is 0 Å². The van der Waals surface area contributed by atoms with Crippen LogP contribution < -0.4 is 22.3 Å². The summed E-state index contributed by atoms with van der Waals surface area (Å²) in [5.41, 5.74) is 1.88. The second kappa shape index (κ2) is 19.9. The summed E-state index contributed by atoms with van der Waals surface area (Å²) in [7, 11) is -2.30. The molecule has 2 aliphatic rings. The Balaban J connectivity index is 0.000000811. The fourth-order valence-corrected chi connectivity index (χ4v) is 6.28. The topological polar surface area (TPSA) is 225 Å². The van der Waals surface area contributed by atoms with Crippen LogP contribution >= 0.6 is 0 Å². The Hall–Kier alpha value is -2.18. The predicted molar refractivity (Wildman–Crippen MR) is 178 cm³/mol. The van der Waals surface area contributed by atoms with E-state index >= 15 is 0 Å². The Kier molecular flexibility index (Phi) is 19.0. The fraction of sp³-hybridized carbons (Fsp3) is 0.606. The van der Waals surface area contributed by atoms with Gasteiger partial charge in [-0.05, 0) is 57.9 Å². The Morgan fingerprint density at radius 2 is 1.52 bits per heavy atom. The number of hydrogen-bond acceptors (Lipinski definition) is 9. The molecule has 0 saturated carbocycles. The molecule has 48 heavy (non-hydrogen) atoms. The summed E-state index contributed by atoms with van der Waals surface area (Å²) in [4.78, 5) is 12.6. The van der Waals surface area contributed by atoms with Gasteiger partial charge in [-0.1, -0.05) is 36.4 Å². The fourth-order valence-electron chi connectivity index (χ4n) is 6.28. The number of rotatable bonds is 9. The number of hydrogen-bond donors (Lipinski definition) is 7. The van der Waals surface area contributed by atoms with Gasteiger partial charge in [0.2, 0.25) is 0 Å². The average Bonchev–Trinajstić information content (AvgIpc) is 3.12. The van der Waals surface area contributed by atoms with E-state index < -0.39 is 22.4 Å². The molecule has 13 nitrogen and oxygen atoms in total. The molecule has 6 atom stereocenters. The van der Waals surface area contributed by atoms with Crippen LogP contribution in [-0.2, 0) is 26.5 Å². The normalized spacial score (nSPS) is 22.8. The molecule has 15 heteroatoms. The number of benzene rings is 2. The van der Waals surface area contributed by atoms with E-state index in [-0.39, 0.29) is 59.0 Å². The molecular weight excluding hydrogens is 712 g/mol. The monoisotopic (exact) mass is 766 g/mol. The van der Waals surface area contributed by atoms with Gasteiger partial charge in [0.1, 0.15) is 17.8 Å². The van der Waals surface area contributed by atoms with Crippen LogP contribution in [0.3, 0.4) is 0 Å². The van der Waals surface area contributed by atoms with E-state index in [1.54, 1.807) is 12.1 Å². The highest BCUT2D eigenvalue weighted by Gasteiger charge is 2.53. The lowest BCUT2D eigenvalue weighted by molar-refractivity contribution is -0.968. The van der Waals surface area contributed by atoms with Crippen LogP contribution in [0.15, 0.2) is 48.5 Å². The smallest absolute Gasteiger partial charge is 0.394 e. The first-order valence-corrected chi connectivity index (χ1v) is 17.0. The Bertz CT molecular complexity index is 1340. The third-order valence-electron chi connectivity index (χ3n) is 9.03. The van der Waals surface area contributed by atoms with Crippen LogP contribution in [0.1, 0.15) is 89.0 Å². The third-order valence-corrected chi connectivity index (χ3v) is 9.03. The maximum atomic E-state index is 12.6. The molecule has 2 bridgehead atoms. The van der Waals surface area contributed by atoms with Crippen LogP contribution in [0.4, 0.5) is 0 Å². The number of nitrogens with one attached hydrogen (secondary N) is 1. The predicted octanol–water partition coefficient (Wildman–Crippen LogP) is -0.313. The van der Waals surface area contributed by atoms with Gasteiger partial charge in [-0.2, -0.15) is 8.42 Å². The lowest BCUT2D eigenvalue weighted by atomic mass is 9.94. The Labute approximate surface area is 295 Å². The number of piperidine rings is 1. The molecular formula is C33H55BrN2O11S. The molecule has 4 unspecified atom stereocenters. The number of aromatic hydroxyl groups is 1. The van der Waals surface area contributed by atoms with Crippen LogP contribution in [0.5, 0.6) is 5.75 Å². The van der Waals surface area contributed by atoms with Gasteiger partial charge >= 0.3 is 16.4 Å². The van der Waals surface area contributed by atoms with E-state index in [4.69, 9.17) is 27.4 Å². The number of aliphatic hydroxyl groups is 3. The van der Waals surface area contributed by atoms with Crippen molar-refractivity contribution in [2.24, 2.45) is 0 Å². The Morgan fingerprint density at radius 1 is 1.00 bits per heavy atom. The number of carbonyl (C=O) groups excluding carboxylic acids is 1. The molecule has 0 amide bonds. The molecule has 2 aromatic carbocycles. The highest BCUT2D eigenvalue weighted by molar-refractivity contribution is 7.79. The molecule has 0 aromatic heterocycles. The minimum atomic E-state index is -4.67. The van der Waals surface area contributed by atoms with Crippen molar-refractivity contribution in [3.8, 4) is 5.75 Å². The highest BCUT2D eigenvalue weighted by atomic mass is 79.9. The van der Waals surface area contributed by atoms with Crippen molar-refractivity contribution in [1.82, 2.24) is 5.32 Å². The summed E-state index contributed by atoms with van der Waals surface area (Å²) in [6, 6.07) is 16.0. The number of phenols is 1. The lowest BCUT2D eigenvalue weighted by Gasteiger charge is -2.49. The first-order chi connectivity index (χ1) is 21.3. The molecule has 2 aliphatic heterocycles. The molecule has 0 spiro atoms. The van der Waals surface area contributed by atoms with Gasteiger partial charge in [0.05, 0.1) is 44.5 Å². The number of halogens is 1. The number of esters is 1. The zero-order valence-corrected chi connectivity index (χ0v) is 31.0. The first kappa shape index (κ1) is 45.8. The number of carbonyl (C=O) groups is 1. The summed E-state index contributed by atoms with van der Waals surface area (Å²) in [5, 5.41) is 41.3. The van der Waals surface area contributed by atoms with Gasteiger partial charge < -0.3 is 57.4 Å². The average molecular weight is 768 g/mol. The van der Waals surface area contributed by atoms with E-state index in [1.807, 2.05) is 51.1 Å². The van der Waals surface area contributed by atoms with Crippen molar-refractivity contribution in [1.29, 1.82) is 0 Å². The van der Waals surface area contributed by atoms with E-state index in [2.05, 4.69) is 26.2 Å². The quantitative estimate of drug-likeness (QED) is 0.0996. The van der Waals surface area contributed by atoms with Crippen LogP contribution in [-0.4, -0.2) is 104 Å². The molecule has 9 N–H and O–H groups in total. The number of nitrogens with zero attached hydrogens (tertiary/aromatic N) is 1. The summed E-state index contributed by atoms with van der Waals surface area (Å²) in [6.45, 7) is 10.7. The van der Waals surface area contributed by atoms with E-state index in [0.29, 0.717) is 35.8 Å². The molecule has 4 rings (SSSR count). The number of ether oxygens (including phenoxy) is 1. The highest BCUT2D eigenvalue weighted by Crippen LogP contribution is 2.44. The minimum Gasteiger partial charge on any atom is -1.00 e. The second-order valence-electron chi connectivity index (χ2n) is 13.5. The molecule has 2 heterocycles. The van der Waals surface area contributed by atoms with Crippen molar-refractivity contribution in [2.75, 3.05) is 20.2 Å². The molecule has 0 radical (unpaired) electrons. The van der Waals surface area contributed by atoms with Crippen molar-refractivity contribution >= 4 is 16.4 Å². The molecule has 2 aromatic rings. The maximum absolute atomic E-state index is 12.6. The van der Waals surface area contributed by atoms with Crippen LogP contribution in [0, 0.1) is 0 Å². The van der Waals surface area contributed by atoms with Gasteiger partial charge in [0, 0.05) is 43.3 Å². The van der Waals surface area contributed by atoms with E-state index in [1.165, 1.54) is 18.9 Å². The van der Waals surface area contributed by atoms with Crippen molar-refractivity contribution in [3.05, 3.63) is 65.2 Å². The van der Waals surface area contributed by atoms with Crippen molar-refractivity contribution in [3.63, 3.8) is 0 Å². The van der Waals surface area contributed by atoms with Crippen LogP contribution in [0.2, 0.25) is 0 Å². The number of quaternary nitrogens is 1. The van der Waals surface area contributed by atoms with E-state index in [9.17, 15) is 20.1 Å². The zero-order valence-electron chi connectivity index (χ0n) is 28.6. The second-order valence-corrected chi connectivity index (χ2v) is 14.4. The molecule has 276 valence electrons. The largest absolute Gasteiger partial charge is 1.00 e. The summed E-state index contributed by atoms with van der Waals surface area (Å²) < 4.78 is 38.5. The first-order valence-electron chi connectivity index (χ1n) is 15.6. The van der Waals surface area contributed by atoms with Crippen LogP contribution in [0.25, 0.3) is 0 Å². The number of β-amino-alcohol motifs (C(OH)–C–C–N with tert-alkyl or cyclic N) is 1. The van der Waals surface area contributed by atoms with Crippen molar-refractivity contribution < 1.29 is 74.4 Å². The standard InChI is InChI=1S/C20H30NO3.C13H21NO3.BrH.H2O4S.H2O/c1-14(2)21(3)16-9-10-17(21)12-18(11-16)24-20(23)19(13-22)15-7-5-4-6-8-15;1-13(2,3)14-7-12(17)9-4-5-11(16)10(6-9)8-15;;1-5(2,3)4;/h4-8,14,16-19,22H,9-13H2,1-3H3;4-6,12,14-17H,7-8H2,1-3H3;1H;(H2,1,2,3,4);1H2/q+1;;;;/p-1/t16-,17+,18?,19?,21?;;;;. The zero-order chi connectivity index (χ0) is 34.9. The van der Waals surface area contributed by atoms with Crippen molar-refractivity contribution in [2.45, 2.75) is 109 Å². The SMILES string of the molecule is CC(C)(C)NCC(O)c1ccc(O)c(CO)c1.CC(C)[N+]1(C)[C@@H]2CC[C@H]1CC(OC(=O)C(CO)c1ccccc1)C2.O.O=S(=O)(O)O.[Br-]. The summed E-state index contributed by atoms with van der Waals surface area (Å²) >= 11 is 0. The number of fused-ring (bicyclic) bond motifs is 2. The lowest BCUT2D eigenvalue weighted by Crippen LogP contribution is -3.00. The van der Waals surface area contributed by atoms with Gasteiger partial charge in [-0.3, -0.25) is 13.9 Å². The number of aliphatic hydroxyl groups excluding tert-OH is 3. The third kappa shape index (κ3) is 14.0. The summed E-state index contributed by atoms with van der Waals surface area (Å²) in [5.74, 6) is -0.808. The summed E-state index contributed by atoms with van der Waals surface area (Å²) in [6.07, 6.45) is 3.71. The van der Waals surface area contributed by atoms with E-state index in [0.717, 1.165) is 22.9 Å². The van der Waals surface area contributed by atoms with Gasteiger partial charge in [-0.25, -0.2) is 0 Å². The minimum absolute atomic E-state index is 0.